The van der Waals surface area contributed by atoms with E-state index < -0.39 is 10.0 Å². The molecule has 3 aromatic rings. The van der Waals surface area contributed by atoms with Gasteiger partial charge < -0.3 is 9.51 Å². The van der Waals surface area contributed by atoms with Crippen molar-refractivity contribution in [3.63, 3.8) is 0 Å². The van der Waals surface area contributed by atoms with Crippen LogP contribution < -0.4 is 4.72 Å². The Morgan fingerprint density at radius 2 is 1.64 bits per heavy atom. The minimum Gasteiger partial charge on any atom is -0.361 e. The van der Waals surface area contributed by atoms with Gasteiger partial charge in [0.2, 0.25) is 0 Å². The first-order chi connectivity index (χ1) is 11.7. The number of hydrogen-bond acceptors (Lipinski definition) is 5. The number of aryl methyl sites for hydroxylation is 5. The van der Waals surface area contributed by atoms with Crippen LogP contribution in [0.5, 0.6) is 0 Å². The molecule has 0 amide bonds. The summed E-state index contributed by atoms with van der Waals surface area (Å²) in [5, 5.41) is 3.76. The third-order valence-electron chi connectivity index (χ3n) is 3.80. The minimum absolute atomic E-state index is 0.118. The number of nitrogens with zero attached hydrogens (tertiary/aromatic N) is 2. The van der Waals surface area contributed by atoms with Gasteiger partial charge in [-0.2, -0.15) is 4.98 Å². The Hall–Kier alpha value is -2.61. The van der Waals surface area contributed by atoms with E-state index in [1.165, 1.54) is 0 Å². The van der Waals surface area contributed by atoms with Gasteiger partial charge in [0.05, 0.1) is 5.56 Å². The van der Waals surface area contributed by atoms with Gasteiger partial charge in [-0.3, -0.25) is 4.72 Å². The lowest BCUT2D eigenvalue weighted by Crippen LogP contribution is -2.14. The summed E-state index contributed by atoms with van der Waals surface area (Å²) in [4.78, 5) is 7.34. The Morgan fingerprint density at radius 1 is 1.00 bits per heavy atom. The largest absolute Gasteiger partial charge is 0.361 e. The number of nitrogens with one attached hydrogen (secondary N) is 2. The van der Waals surface area contributed by atoms with E-state index in [1.54, 1.807) is 32.9 Å². The lowest BCUT2D eigenvalue weighted by Gasteiger charge is -2.11. The van der Waals surface area contributed by atoms with Crippen molar-refractivity contribution in [3.8, 4) is 11.5 Å². The highest BCUT2D eigenvalue weighted by Crippen LogP contribution is 2.33. The van der Waals surface area contributed by atoms with Crippen LogP contribution in [-0.4, -0.2) is 23.5 Å². The molecule has 8 heteroatoms. The van der Waals surface area contributed by atoms with E-state index in [2.05, 4.69) is 19.8 Å². The Kier molecular flexibility index (Phi) is 4.16. The quantitative estimate of drug-likeness (QED) is 0.742. The number of rotatable bonds is 4. The van der Waals surface area contributed by atoms with Gasteiger partial charge in [-0.05, 0) is 57.9 Å². The summed E-state index contributed by atoms with van der Waals surface area (Å²) in [7, 11) is -3.84. The van der Waals surface area contributed by atoms with E-state index in [9.17, 15) is 8.42 Å². The maximum atomic E-state index is 13.0. The Balaban J connectivity index is 2.11. The molecule has 7 nitrogen and oxygen atoms in total. The number of H-pyrrole nitrogens is 1. The van der Waals surface area contributed by atoms with Gasteiger partial charge in [-0.25, -0.2) is 8.42 Å². The zero-order chi connectivity index (χ0) is 18.4. The van der Waals surface area contributed by atoms with Gasteiger partial charge in [0.15, 0.2) is 5.82 Å². The summed E-state index contributed by atoms with van der Waals surface area (Å²) in [5.74, 6) is 0.624. The highest BCUT2D eigenvalue weighted by molar-refractivity contribution is 7.93. The lowest BCUT2D eigenvalue weighted by atomic mass is 10.1. The Morgan fingerprint density at radius 3 is 2.20 bits per heavy atom. The maximum Gasteiger partial charge on any atom is 0.264 e. The highest BCUT2D eigenvalue weighted by Gasteiger charge is 2.29. The van der Waals surface area contributed by atoms with Crippen LogP contribution in [0.3, 0.4) is 0 Å². The van der Waals surface area contributed by atoms with E-state index >= 15 is 0 Å². The molecule has 0 spiro atoms. The second-order valence-electron chi connectivity index (χ2n) is 6.21. The number of hydrogen-bond donors (Lipinski definition) is 2. The molecule has 0 radical (unpaired) electrons. The van der Waals surface area contributed by atoms with Crippen molar-refractivity contribution in [2.24, 2.45) is 0 Å². The summed E-state index contributed by atoms with van der Waals surface area (Å²) in [6.45, 7) is 9.00. The number of anilines is 1. The van der Waals surface area contributed by atoms with Crippen LogP contribution in [0.2, 0.25) is 0 Å². The minimum atomic E-state index is -3.84. The number of aromatic amines is 1. The summed E-state index contributed by atoms with van der Waals surface area (Å²) in [6.07, 6.45) is 0. The smallest absolute Gasteiger partial charge is 0.264 e. The zero-order valence-electron chi connectivity index (χ0n) is 14.8. The Labute approximate surface area is 146 Å². The molecule has 0 aliphatic carbocycles. The van der Waals surface area contributed by atoms with E-state index in [4.69, 9.17) is 4.52 Å². The molecule has 1 aromatic carbocycles. The molecule has 2 N–H and O–H groups in total. The molecule has 3 rings (SSSR count). The lowest BCUT2D eigenvalue weighted by molar-refractivity contribution is 0.424. The zero-order valence-corrected chi connectivity index (χ0v) is 15.6. The highest BCUT2D eigenvalue weighted by atomic mass is 32.2. The van der Waals surface area contributed by atoms with Gasteiger partial charge in [-0.15, -0.1) is 0 Å². The molecular formula is C17H20N4O3S. The summed E-state index contributed by atoms with van der Waals surface area (Å²) >= 11 is 0. The molecule has 25 heavy (non-hydrogen) atoms. The van der Waals surface area contributed by atoms with E-state index in [0.29, 0.717) is 28.5 Å². The molecular weight excluding hydrogens is 340 g/mol. The molecule has 0 aliphatic rings. The van der Waals surface area contributed by atoms with Crippen LogP contribution in [-0.2, 0) is 10.0 Å². The standard InChI is InChI=1S/C17H20N4O3S/c1-9-6-10(2)8-14(7-9)21-25(22,23)16-12(4)18-11(3)15(16)17-19-13(5)20-24-17/h6-8,18,21H,1-5H3. The third kappa shape index (κ3) is 3.30. The van der Waals surface area contributed by atoms with Crippen LogP contribution in [0, 0.1) is 34.6 Å². The first-order valence-corrected chi connectivity index (χ1v) is 9.26. The SMILES string of the molecule is Cc1cc(C)cc(NS(=O)(=O)c2c(C)[nH]c(C)c2-c2nc(C)no2)c1. The fraction of sp³-hybridized carbons (Fsp3) is 0.294. The second kappa shape index (κ2) is 6.03. The normalized spacial score (nSPS) is 11.7. The third-order valence-corrected chi connectivity index (χ3v) is 5.35. The average Bonchev–Trinajstić information content (AvgIpc) is 3.00. The molecule has 0 saturated carbocycles. The summed E-state index contributed by atoms with van der Waals surface area (Å²) < 4.78 is 33.9. The monoisotopic (exact) mass is 360 g/mol. The van der Waals surface area contributed by atoms with E-state index in [1.807, 2.05) is 19.9 Å². The van der Waals surface area contributed by atoms with Crippen LogP contribution in [0.1, 0.15) is 28.3 Å². The molecule has 132 valence electrons. The van der Waals surface area contributed by atoms with Crippen molar-refractivity contribution in [3.05, 3.63) is 46.5 Å². The van der Waals surface area contributed by atoms with Gasteiger partial charge in [0.25, 0.3) is 15.9 Å². The molecule has 2 aromatic heterocycles. The van der Waals surface area contributed by atoms with Crippen molar-refractivity contribution in [1.29, 1.82) is 0 Å². The summed E-state index contributed by atoms with van der Waals surface area (Å²) in [5.41, 5.74) is 4.04. The Bertz CT molecular complexity index is 1030. The molecule has 0 atom stereocenters. The van der Waals surface area contributed by atoms with Crippen LogP contribution >= 0.6 is 0 Å². The summed E-state index contributed by atoms with van der Waals surface area (Å²) in [6, 6.07) is 5.56. The number of benzene rings is 1. The molecule has 0 aliphatic heterocycles. The molecule has 2 heterocycles. The molecule has 0 saturated heterocycles. The van der Waals surface area contributed by atoms with Crippen molar-refractivity contribution in [2.45, 2.75) is 39.5 Å². The van der Waals surface area contributed by atoms with Crippen molar-refractivity contribution in [2.75, 3.05) is 4.72 Å². The van der Waals surface area contributed by atoms with Crippen LogP contribution in [0.15, 0.2) is 27.6 Å². The van der Waals surface area contributed by atoms with Gasteiger partial charge in [0.1, 0.15) is 4.90 Å². The van der Waals surface area contributed by atoms with E-state index in [0.717, 1.165) is 11.1 Å². The van der Waals surface area contributed by atoms with Crippen LogP contribution in [0.25, 0.3) is 11.5 Å². The van der Waals surface area contributed by atoms with Gasteiger partial charge >= 0.3 is 0 Å². The number of sulfonamides is 1. The van der Waals surface area contributed by atoms with Crippen LogP contribution in [0.4, 0.5) is 5.69 Å². The molecule has 0 unspecified atom stereocenters. The predicted molar refractivity (Wildman–Crippen MR) is 95.0 cm³/mol. The van der Waals surface area contributed by atoms with Crippen molar-refractivity contribution >= 4 is 15.7 Å². The predicted octanol–water partition coefficient (Wildman–Crippen LogP) is 3.41. The van der Waals surface area contributed by atoms with Crippen molar-refractivity contribution in [1.82, 2.24) is 15.1 Å². The first-order valence-electron chi connectivity index (χ1n) is 7.78. The second-order valence-corrected chi connectivity index (χ2v) is 7.83. The van der Waals surface area contributed by atoms with Gasteiger partial charge in [0, 0.05) is 17.1 Å². The van der Waals surface area contributed by atoms with Gasteiger partial charge in [-0.1, -0.05) is 11.2 Å². The average molecular weight is 360 g/mol. The van der Waals surface area contributed by atoms with Crippen molar-refractivity contribution < 1.29 is 12.9 Å². The molecule has 0 bridgehead atoms. The van der Waals surface area contributed by atoms with E-state index in [-0.39, 0.29) is 10.8 Å². The number of aromatic nitrogens is 3. The fourth-order valence-electron chi connectivity index (χ4n) is 2.99. The maximum absolute atomic E-state index is 13.0. The fourth-order valence-corrected chi connectivity index (χ4v) is 4.48. The molecule has 0 fully saturated rings. The first kappa shape index (κ1) is 17.2. The topological polar surface area (TPSA) is 101 Å².